The van der Waals surface area contributed by atoms with E-state index in [9.17, 15) is 4.79 Å². The van der Waals surface area contributed by atoms with Crippen molar-refractivity contribution in [1.29, 1.82) is 0 Å². The highest BCUT2D eigenvalue weighted by Gasteiger charge is 2.19. The van der Waals surface area contributed by atoms with Gasteiger partial charge >= 0.3 is 0 Å². The third-order valence-corrected chi connectivity index (χ3v) is 3.22. The van der Waals surface area contributed by atoms with Crippen LogP contribution in [0.25, 0.3) is 0 Å². The van der Waals surface area contributed by atoms with Crippen LogP contribution in [-0.4, -0.2) is 15.6 Å². The molecular weight excluding hydrogens is 250 g/mol. The molecule has 1 atom stereocenters. The van der Waals surface area contributed by atoms with Crippen LogP contribution in [0.3, 0.4) is 0 Å². The Kier molecular flexibility index (Phi) is 4.35. The average molecular weight is 271 g/mol. The maximum Gasteiger partial charge on any atom is 0.184 e. The SMILES string of the molecule is CC(C)Cc1cccc(C(=O)C(N)c2cnn(C)c2)c1. The molecule has 0 radical (unpaired) electrons. The first-order valence-corrected chi connectivity index (χ1v) is 6.84. The Morgan fingerprint density at radius 1 is 1.40 bits per heavy atom. The largest absolute Gasteiger partial charge is 0.317 e. The molecular formula is C16H21N3O. The molecule has 4 nitrogen and oxygen atoms in total. The zero-order chi connectivity index (χ0) is 14.7. The number of rotatable bonds is 5. The summed E-state index contributed by atoms with van der Waals surface area (Å²) < 4.78 is 1.65. The fourth-order valence-electron chi connectivity index (χ4n) is 2.25. The summed E-state index contributed by atoms with van der Waals surface area (Å²) >= 11 is 0. The molecule has 106 valence electrons. The van der Waals surface area contributed by atoms with Crippen molar-refractivity contribution in [3.63, 3.8) is 0 Å². The number of carbonyl (C=O) groups excluding carboxylic acids is 1. The Bertz CT molecular complexity index is 601. The van der Waals surface area contributed by atoms with Gasteiger partial charge in [0, 0.05) is 24.4 Å². The van der Waals surface area contributed by atoms with Crippen molar-refractivity contribution >= 4 is 5.78 Å². The Balaban J connectivity index is 2.20. The highest BCUT2D eigenvalue weighted by Crippen LogP contribution is 2.17. The molecule has 0 bridgehead atoms. The lowest BCUT2D eigenvalue weighted by molar-refractivity contribution is 0.0961. The van der Waals surface area contributed by atoms with Crippen LogP contribution in [0.15, 0.2) is 36.7 Å². The Morgan fingerprint density at radius 3 is 2.75 bits per heavy atom. The van der Waals surface area contributed by atoms with Crippen LogP contribution in [-0.2, 0) is 13.5 Å². The van der Waals surface area contributed by atoms with Crippen molar-refractivity contribution in [2.75, 3.05) is 0 Å². The molecule has 20 heavy (non-hydrogen) atoms. The first-order chi connectivity index (χ1) is 9.47. The summed E-state index contributed by atoms with van der Waals surface area (Å²) in [6.45, 7) is 4.33. The third kappa shape index (κ3) is 3.33. The van der Waals surface area contributed by atoms with Crippen molar-refractivity contribution in [1.82, 2.24) is 9.78 Å². The number of benzene rings is 1. The number of aryl methyl sites for hydroxylation is 1. The molecule has 0 saturated carbocycles. The van der Waals surface area contributed by atoms with Crippen LogP contribution < -0.4 is 5.73 Å². The molecule has 0 saturated heterocycles. The first kappa shape index (κ1) is 14.5. The Hall–Kier alpha value is -1.94. The minimum atomic E-state index is -0.655. The van der Waals surface area contributed by atoms with E-state index in [0.717, 1.165) is 12.0 Å². The monoisotopic (exact) mass is 271 g/mol. The maximum atomic E-state index is 12.4. The molecule has 2 rings (SSSR count). The van der Waals surface area contributed by atoms with E-state index in [1.807, 2.05) is 31.3 Å². The minimum absolute atomic E-state index is 0.0661. The second-order valence-electron chi connectivity index (χ2n) is 5.59. The van der Waals surface area contributed by atoms with E-state index >= 15 is 0 Å². The van der Waals surface area contributed by atoms with E-state index < -0.39 is 6.04 Å². The average Bonchev–Trinajstić information content (AvgIpc) is 2.83. The topological polar surface area (TPSA) is 60.9 Å². The number of nitrogens with zero attached hydrogens (tertiary/aromatic N) is 2. The number of aromatic nitrogens is 2. The molecule has 0 aliphatic rings. The van der Waals surface area contributed by atoms with Crippen molar-refractivity contribution in [3.05, 3.63) is 53.3 Å². The fourth-order valence-corrected chi connectivity index (χ4v) is 2.25. The normalized spacial score (nSPS) is 12.7. The van der Waals surface area contributed by atoms with Gasteiger partial charge in [0.1, 0.15) is 0 Å². The van der Waals surface area contributed by atoms with E-state index in [0.29, 0.717) is 11.5 Å². The summed E-state index contributed by atoms with van der Waals surface area (Å²) in [5.74, 6) is 0.496. The van der Waals surface area contributed by atoms with Gasteiger partial charge in [-0.2, -0.15) is 5.10 Å². The summed E-state index contributed by atoms with van der Waals surface area (Å²) in [6, 6.07) is 7.08. The minimum Gasteiger partial charge on any atom is -0.317 e. The molecule has 1 heterocycles. The number of hydrogen-bond donors (Lipinski definition) is 1. The second-order valence-corrected chi connectivity index (χ2v) is 5.59. The van der Waals surface area contributed by atoms with Gasteiger partial charge in [-0.25, -0.2) is 0 Å². The molecule has 0 fully saturated rings. The molecule has 2 N–H and O–H groups in total. The Morgan fingerprint density at radius 2 is 2.15 bits per heavy atom. The lowest BCUT2D eigenvalue weighted by Gasteiger charge is -2.10. The quantitative estimate of drug-likeness (QED) is 0.850. The second kappa shape index (κ2) is 6.01. The van der Waals surface area contributed by atoms with Crippen LogP contribution in [0.2, 0.25) is 0 Å². The highest BCUT2D eigenvalue weighted by molar-refractivity contribution is 6.00. The van der Waals surface area contributed by atoms with Gasteiger partial charge < -0.3 is 5.73 Å². The Labute approximate surface area is 119 Å². The lowest BCUT2D eigenvalue weighted by Crippen LogP contribution is -2.21. The van der Waals surface area contributed by atoms with Crippen molar-refractivity contribution in [2.24, 2.45) is 18.7 Å². The van der Waals surface area contributed by atoms with Crippen LogP contribution in [0.5, 0.6) is 0 Å². The summed E-state index contributed by atoms with van der Waals surface area (Å²) in [7, 11) is 1.81. The smallest absolute Gasteiger partial charge is 0.184 e. The van der Waals surface area contributed by atoms with E-state index in [1.165, 1.54) is 5.56 Å². The van der Waals surface area contributed by atoms with Crippen molar-refractivity contribution < 1.29 is 4.79 Å². The van der Waals surface area contributed by atoms with Gasteiger partial charge in [-0.15, -0.1) is 0 Å². The maximum absolute atomic E-state index is 12.4. The van der Waals surface area contributed by atoms with Crippen molar-refractivity contribution in [3.8, 4) is 0 Å². The molecule has 0 spiro atoms. The van der Waals surface area contributed by atoms with Gasteiger partial charge in [0.05, 0.1) is 12.2 Å². The van der Waals surface area contributed by atoms with Crippen LogP contribution >= 0.6 is 0 Å². The fraction of sp³-hybridized carbons (Fsp3) is 0.375. The zero-order valence-electron chi connectivity index (χ0n) is 12.2. The van der Waals surface area contributed by atoms with Gasteiger partial charge in [0.25, 0.3) is 0 Å². The molecule has 1 unspecified atom stereocenters. The van der Waals surface area contributed by atoms with Crippen LogP contribution in [0.4, 0.5) is 0 Å². The summed E-state index contributed by atoms with van der Waals surface area (Å²) in [5, 5.41) is 4.06. The number of nitrogens with two attached hydrogens (primary N) is 1. The van der Waals surface area contributed by atoms with Crippen molar-refractivity contribution in [2.45, 2.75) is 26.3 Å². The van der Waals surface area contributed by atoms with Gasteiger partial charge in [-0.05, 0) is 24.0 Å². The lowest BCUT2D eigenvalue weighted by atomic mass is 9.96. The summed E-state index contributed by atoms with van der Waals surface area (Å²) in [6.07, 6.45) is 4.38. The molecule has 1 aromatic carbocycles. The molecule has 4 heteroatoms. The van der Waals surface area contributed by atoms with E-state index in [-0.39, 0.29) is 5.78 Å². The van der Waals surface area contributed by atoms with Crippen LogP contribution in [0.1, 0.15) is 41.4 Å². The number of ketones is 1. The first-order valence-electron chi connectivity index (χ1n) is 6.84. The van der Waals surface area contributed by atoms with Gasteiger partial charge in [-0.3, -0.25) is 9.48 Å². The summed E-state index contributed by atoms with van der Waals surface area (Å²) in [4.78, 5) is 12.4. The molecule has 0 aliphatic heterocycles. The molecule has 0 amide bonds. The molecule has 2 aromatic rings. The predicted molar refractivity (Wildman–Crippen MR) is 79.5 cm³/mol. The van der Waals surface area contributed by atoms with E-state index in [4.69, 9.17) is 5.73 Å². The third-order valence-electron chi connectivity index (χ3n) is 3.22. The number of Topliss-reactive ketones (excluding diaryl/α,β-unsaturated/α-hetero) is 1. The van der Waals surface area contributed by atoms with Gasteiger partial charge in [0.2, 0.25) is 0 Å². The number of carbonyl (C=O) groups is 1. The highest BCUT2D eigenvalue weighted by atomic mass is 16.1. The van der Waals surface area contributed by atoms with Gasteiger partial charge in [0.15, 0.2) is 5.78 Å². The van der Waals surface area contributed by atoms with E-state index in [2.05, 4.69) is 18.9 Å². The van der Waals surface area contributed by atoms with Gasteiger partial charge in [-0.1, -0.05) is 32.0 Å². The molecule has 1 aromatic heterocycles. The van der Waals surface area contributed by atoms with Crippen LogP contribution in [0, 0.1) is 5.92 Å². The standard InChI is InChI=1S/C16H21N3O/c1-11(2)7-12-5-4-6-13(8-12)16(20)15(17)14-9-18-19(3)10-14/h4-6,8-11,15H,7,17H2,1-3H3. The number of hydrogen-bond acceptors (Lipinski definition) is 3. The summed E-state index contributed by atoms with van der Waals surface area (Å²) in [5.41, 5.74) is 8.61. The van der Waals surface area contributed by atoms with E-state index in [1.54, 1.807) is 17.1 Å². The molecule has 0 aliphatic carbocycles. The zero-order valence-corrected chi connectivity index (χ0v) is 12.2. The predicted octanol–water partition coefficient (Wildman–Crippen LogP) is 2.50.